The number of carbonyl (C=O) groups excluding carboxylic acids is 1. The molecule has 6 heteroatoms. The number of hydrogen-bond donors (Lipinski definition) is 2. The van der Waals surface area contributed by atoms with Crippen LogP contribution in [0.4, 0.5) is 0 Å². The van der Waals surface area contributed by atoms with Crippen LogP contribution in [0.1, 0.15) is 18.4 Å². The van der Waals surface area contributed by atoms with Crippen molar-refractivity contribution in [3.8, 4) is 5.75 Å². The summed E-state index contributed by atoms with van der Waals surface area (Å²) in [6, 6.07) is 7.55. The predicted molar refractivity (Wildman–Crippen MR) is 84.4 cm³/mol. The highest BCUT2D eigenvalue weighted by molar-refractivity contribution is 7.80. The number of benzene rings is 1. The van der Waals surface area contributed by atoms with Gasteiger partial charge in [0.05, 0.1) is 6.10 Å². The Labute approximate surface area is 130 Å². The van der Waals surface area contributed by atoms with Crippen LogP contribution in [-0.2, 0) is 9.53 Å². The highest BCUT2D eigenvalue weighted by Crippen LogP contribution is 2.15. The molecule has 2 N–H and O–H groups in total. The molecule has 0 spiro atoms. The summed E-state index contributed by atoms with van der Waals surface area (Å²) in [6.07, 6.45) is 2.29. The van der Waals surface area contributed by atoms with Crippen molar-refractivity contribution in [3.63, 3.8) is 0 Å². The molecule has 1 unspecified atom stereocenters. The molecule has 1 fully saturated rings. The quantitative estimate of drug-likeness (QED) is 0.808. The van der Waals surface area contributed by atoms with Gasteiger partial charge in [-0.05, 0) is 43.6 Å². The average molecular weight is 308 g/mol. The molecule has 1 aromatic carbocycles. The van der Waals surface area contributed by atoms with Crippen LogP contribution in [0.25, 0.3) is 0 Å². The monoisotopic (exact) mass is 308 g/mol. The average Bonchev–Trinajstić information content (AvgIpc) is 2.97. The topological polar surface area (TPSA) is 59.6 Å². The van der Waals surface area contributed by atoms with E-state index in [1.807, 2.05) is 31.2 Å². The van der Waals surface area contributed by atoms with E-state index in [0.29, 0.717) is 17.4 Å². The van der Waals surface area contributed by atoms with E-state index in [4.69, 9.17) is 21.7 Å². The zero-order valence-corrected chi connectivity index (χ0v) is 12.9. The maximum Gasteiger partial charge on any atom is 0.264 e. The summed E-state index contributed by atoms with van der Waals surface area (Å²) in [5.41, 5.74) is 0.990. The van der Waals surface area contributed by atoms with Gasteiger partial charge in [-0.2, -0.15) is 0 Å². The third-order valence-electron chi connectivity index (χ3n) is 3.22. The maximum atomic E-state index is 11.7. The van der Waals surface area contributed by atoms with Gasteiger partial charge in [-0.15, -0.1) is 0 Å². The summed E-state index contributed by atoms with van der Waals surface area (Å²) in [5, 5.41) is 5.89. The number of aryl methyl sites for hydroxylation is 1. The van der Waals surface area contributed by atoms with Crippen LogP contribution in [0.5, 0.6) is 5.75 Å². The van der Waals surface area contributed by atoms with Crippen molar-refractivity contribution in [1.29, 1.82) is 0 Å². The molecule has 1 aromatic rings. The fraction of sp³-hybridized carbons (Fsp3) is 0.467. The summed E-state index contributed by atoms with van der Waals surface area (Å²) in [6.45, 7) is 3.29. The minimum Gasteiger partial charge on any atom is -0.483 e. The Bertz CT molecular complexity index is 501. The summed E-state index contributed by atoms with van der Waals surface area (Å²) in [7, 11) is 0. The molecule has 5 nitrogen and oxygen atoms in total. The van der Waals surface area contributed by atoms with Crippen LogP contribution in [0, 0.1) is 6.92 Å². The number of carbonyl (C=O) groups is 1. The summed E-state index contributed by atoms with van der Waals surface area (Å²) in [4.78, 5) is 11.7. The third kappa shape index (κ3) is 5.32. The number of para-hydroxylation sites is 1. The molecule has 114 valence electrons. The fourth-order valence-electron chi connectivity index (χ4n) is 2.08. The second-order valence-electron chi connectivity index (χ2n) is 4.95. The normalized spacial score (nSPS) is 17.3. The van der Waals surface area contributed by atoms with Crippen LogP contribution in [0.3, 0.4) is 0 Å². The molecule has 2 rings (SSSR count). The standard InChI is InChI=1S/C15H20N2O3S/c1-11-5-2-3-7-13(11)20-10-14(18)17-15(21)16-9-12-6-4-8-19-12/h2-3,5,7,12H,4,6,8-10H2,1H3,(H2,16,17,18,21). The van der Waals surface area contributed by atoms with Gasteiger partial charge in [0, 0.05) is 13.2 Å². The van der Waals surface area contributed by atoms with Gasteiger partial charge >= 0.3 is 0 Å². The maximum absolute atomic E-state index is 11.7. The zero-order valence-electron chi connectivity index (χ0n) is 12.1. The highest BCUT2D eigenvalue weighted by Gasteiger charge is 2.15. The fourth-order valence-corrected chi connectivity index (χ4v) is 2.28. The van der Waals surface area contributed by atoms with Crippen LogP contribution in [0.2, 0.25) is 0 Å². The van der Waals surface area contributed by atoms with Crippen LogP contribution in [0.15, 0.2) is 24.3 Å². The molecule has 1 aliphatic heterocycles. The summed E-state index contributed by atoms with van der Waals surface area (Å²) >= 11 is 5.07. The Morgan fingerprint density at radius 1 is 1.48 bits per heavy atom. The molecule has 0 saturated carbocycles. The minimum absolute atomic E-state index is 0.0629. The first-order chi connectivity index (χ1) is 10.1. The van der Waals surface area contributed by atoms with E-state index in [-0.39, 0.29) is 18.6 Å². The number of hydrogen-bond acceptors (Lipinski definition) is 4. The van der Waals surface area contributed by atoms with Crippen LogP contribution >= 0.6 is 12.2 Å². The van der Waals surface area contributed by atoms with Crippen molar-refractivity contribution in [3.05, 3.63) is 29.8 Å². The molecular weight excluding hydrogens is 288 g/mol. The second kappa shape index (κ2) is 7.95. The van der Waals surface area contributed by atoms with Gasteiger partial charge in [-0.25, -0.2) is 0 Å². The molecular formula is C15H20N2O3S. The van der Waals surface area contributed by atoms with Crippen molar-refractivity contribution >= 4 is 23.2 Å². The van der Waals surface area contributed by atoms with Crippen molar-refractivity contribution in [2.75, 3.05) is 19.8 Å². The lowest BCUT2D eigenvalue weighted by Crippen LogP contribution is -2.43. The van der Waals surface area contributed by atoms with E-state index < -0.39 is 0 Å². The predicted octanol–water partition coefficient (Wildman–Crippen LogP) is 1.54. The van der Waals surface area contributed by atoms with Gasteiger partial charge in [-0.3, -0.25) is 4.79 Å². The van der Waals surface area contributed by atoms with Crippen molar-refractivity contribution in [2.24, 2.45) is 0 Å². The number of ether oxygens (including phenoxy) is 2. The lowest BCUT2D eigenvalue weighted by atomic mass is 10.2. The first kappa shape index (κ1) is 15.7. The second-order valence-corrected chi connectivity index (χ2v) is 5.36. The lowest BCUT2D eigenvalue weighted by Gasteiger charge is -2.14. The third-order valence-corrected chi connectivity index (χ3v) is 3.47. The number of amides is 1. The summed E-state index contributed by atoms with van der Waals surface area (Å²) in [5.74, 6) is 0.425. The van der Waals surface area contributed by atoms with E-state index in [0.717, 1.165) is 25.0 Å². The summed E-state index contributed by atoms with van der Waals surface area (Å²) < 4.78 is 10.9. The SMILES string of the molecule is Cc1ccccc1OCC(=O)NC(=S)NCC1CCCO1. The highest BCUT2D eigenvalue weighted by atomic mass is 32.1. The first-order valence-electron chi connectivity index (χ1n) is 7.03. The van der Waals surface area contributed by atoms with E-state index in [1.165, 1.54) is 0 Å². The van der Waals surface area contributed by atoms with Crippen molar-refractivity contribution in [1.82, 2.24) is 10.6 Å². The van der Waals surface area contributed by atoms with E-state index in [2.05, 4.69) is 10.6 Å². The zero-order chi connectivity index (χ0) is 15.1. The van der Waals surface area contributed by atoms with Gasteiger partial charge < -0.3 is 20.1 Å². The Hall–Kier alpha value is -1.66. The molecule has 1 aliphatic rings. The van der Waals surface area contributed by atoms with Gasteiger partial charge in [0.2, 0.25) is 0 Å². The van der Waals surface area contributed by atoms with Crippen molar-refractivity contribution in [2.45, 2.75) is 25.9 Å². The Morgan fingerprint density at radius 3 is 3.00 bits per heavy atom. The van der Waals surface area contributed by atoms with Gasteiger partial charge in [0.25, 0.3) is 5.91 Å². The smallest absolute Gasteiger partial charge is 0.264 e. The minimum atomic E-state index is -0.275. The van der Waals surface area contributed by atoms with E-state index >= 15 is 0 Å². The molecule has 0 bridgehead atoms. The van der Waals surface area contributed by atoms with Gasteiger partial charge in [0.15, 0.2) is 11.7 Å². The molecule has 21 heavy (non-hydrogen) atoms. The van der Waals surface area contributed by atoms with Crippen molar-refractivity contribution < 1.29 is 14.3 Å². The molecule has 0 aromatic heterocycles. The van der Waals surface area contributed by atoms with Gasteiger partial charge in [0.1, 0.15) is 5.75 Å². The molecule has 1 atom stereocenters. The molecule has 1 saturated heterocycles. The first-order valence-corrected chi connectivity index (χ1v) is 7.43. The Balaban J connectivity index is 1.66. The molecule has 0 radical (unpaired) electrons. The molecule has 1 heterocycles. The molecule has 1 amide bonds. The lowest BCUT2D eigenvalue weighted by molar-refractivity contribution is -0.121. The Kier molecular flexibility index (Phi) is 5.95. The van der Waals surface area contributed by atoms with Gasteiger partial charge in [-0.1, -0.05) is 18.2 Å². The number of thiocarbonyl (C=S) groups is 1. The molecule has 0 aliphatic carbocycles. The number of nitrogens with one attached hydrogen (secondary N) is 2. The largest absolute Gasteiger partial charge is 0.483 e. The Morgan fingerprint density at radius 2 is 2.29 bits per heavy atom. The van der Waals surface area contributed by atoms with E-state index in [9.17, 15) is 4.79 Å². The van der Waals surface area contributed by atoms with E-state index in [1.54, 1.807) is 0 Å². The number of rotatable bonds is 5. The van der Waals surface area contributed by atoms with Crippen LogP contribution < -0.4 is 15.4 Å². The van der Waals surface area contributed by atoms with Crippen LogP contribution in [-0.4, -0.2) is 36.9 Å².